The van der Waals surface area contributed by atoms with Crippen LogP contribution in [0.4, 0.5) is 5.69 Å². The van der Waals surface area contributed by atoms with Crippen LogP contribution in [0.25, 0.3) is 0 Å². The number of rotatable bonds is 4. The maximum Gasteiger partial charge on any atom is 0.244 e. The van der Waals surface area contributed by atoms with E-state index in [1.54, 1.807) is 4.68 Å². The molecule has 0 bridgehead atoms. The summed E-state index contributed by atoms with van der Waals surface area (Å²) in [6.07, 6.45) is 3.39. The smallest absolute Gasteiger partial charge is 0.244 e. The van der Waals surface area contributed by atoms with Crippen molar-refractivity contribution in [2.45, 2.75) is 53.5 Å². The topological polar surface area (TPSA) is 64.2 Å². The van der Waals surface area contributed by atoms with Crippen LogP contribution in [0.15, 0.2) is 0 Å². The summed E-state index contributed by atoms with van der Waals surface area (Å²) in [6, 6.07) is 0. The van der Waals surface area contributed by atoms with Gasteiger partial charge in [0.1, 0.15) is 6.54 Å². The van der Waals surface area contributed by atoms with Gasteiger partial charge in [-0.05, 0) is 38.5 Å². The Morgan fingerprint density at radius 3 is 2.45 bits per heavy atom. The number of carbonyl (C=O) groups excluding carboxylic acids is 1. The Bertz CT molecular complexity index is 502. The van der Waals surface area contributed by atoms with Crippen LogP contribution in [-0.2, 0) is 11.3 Å². The molecular weight excluding hydrogens is 252 g/mol. The van der Waals surface area contributed by atoms with Gasteiger partial charge < -0.3 is 10.6 Å². The first-order valence-electron chi connectivity index (χ1n) is 7.49. The third-order valence-electron chi connectivity index (χ3n) is 5.01. The van der Waals surface area contributed by atoms with E-state index in [1.165, 1.54) is 0 Å². The summed E-state index contributed by atoms with van der Waals surface area (Å²) in [7, 11) is 0. The number of likely N-dealkylation sites (tertiary alicyclic amines) is 1. The number of carbonyl (C=O) groups is 1. The molecule has 5 nitrogen and oxygen atoms in total. The van der Waals surface area contributed by atoms with Gasteiger partial charge in [-0.15, -0.1) is 0 Å². The van der Waals surface area contributed by atoms with Crippen molar-refractivity contribution < 1.29 is 4.79 Å². The predicted octanol–water partition coefficient (Wildman–Crippen LogP) is 2.12. The molecule has 0 aromatic carbocycles. The van der Waals surface area contributed by atoms with Crippen molar-refractivity contribution in [3.8, 4) is 0 Å². The monoisotopic (exact) mass is 278 g/mol. The second-order valence-corrected chi connectivity index (χ2v) is 6.01. The van der Waals surface area contributed by atoms with Crippen LogP contribution in [0, 0.1) is 19.3 Å². The van der Waals surface area contributed by atoms with E-state index in [-0.39, 0.29) is 5.91 Å². The van der Waals surface area contributed by atoms with Gasteiger partial charge in [-0.25, -0.2) is 0 Å². The highest BCUT2D eigenvalue weighted by molar-refractivity contribution is 5.76. The molecule has 1 aliphatic heterocycles. The third-order valence-corrected chi connectivity index (χ3v) is 5.01. The number of aryl methyl sites for hydroxylation is 1. The van der Waals surface area contributed by atoms with Crippen molar-refractivity contribution >= 4 is 11.6 Å². The van der Waals surface area contributed by atoms with Gasteiger partial charge in [0.25, 0.3) is 0 Å². The van der Waals surface area contributed by atoms with Gasteiger partial charge in [0, 0.05) is 13.1 Å². The number of nitrogen functional groups attached to an aromatic ring is 1. The van der Waals surface area contributed by atoms with Crippen LogP contribution in [-0.4, -0.2) is 33.7 Å². The molecule has 0 aliphatic carbocycles. The van der Waals surface area contributed by atoms with Crippen LogP contribution in [0.1, 0.15) is 44.5 Å². The van der Waals surface area contributed by atoms with E-state index in [9.17, 15) is 4.79 Å². The minimum Gasteiger partial charge on any atom is -0.396 e. The van der Waals surface area contributed by atoms with Gasteiger partial charge in [-0.2, -0.15) is 5.10 Å². The zero-order valence-corrected chi connectivity index (χ0v) is 13.1. The third kappa shape index (κ3) is 2.53. The minimum absolute atomic E-state index is 0.152. The SMILES string of the molecule is CCC1(CC)CCN(C(=O)Cn2nc(C)c(N)c2C)C1. The molecule has 1 aromatic rings. The highest BCUT2D eigenvalue weighted by Gasteiger charge is 2.37. The van der Waals surface area contributed by atoms with Crippen molar-refractivity contribution in [3.63, 3.8) is 0 Å². The highest BCUT2D eigenvalue weighted by Crippen LogP contribution is 2.37. The van der Waals surface area contributed by atoms with E-state index in [0.717, 1.165) is 43.7 Å². The second-order valence-electron chi connectivity index (χ2n) is 6.01. The van der Waals surface area contributed by atoms with Gasteiger partial charge in [0.15, 0.2) is 0 Å². The highest BCUT2D eigenvalue weighted by atomic mass is 16.2. The summed E-state index contributed by atoms with van der Waals surface area (Å²) >= 11 is 0. The Labute approximate surface area is 121 Å². The van der Waals surface area contributed by atoms with Gasteiger partial charge in [-0.1, -0.05) is 13.8 Å². The maximum atomic E-state index is 12.4. The molecule has 0 spiro atoms. The molecule has 0 atom stereocenters. The lowest BCUT2D eigenvalue weighted by molar-refractivity contribution is -0.131. The van der Waals surface area contributed by atoms with Crippen molar-refractivity contribution in [1.82, 2.24) is 14.7 Å². The fraction of sp³-hybridized carbons (Fsp3) is 0.733. The summed E-state index contributed by atoms with van der Waals surface area (Å²) in [4.78, 5) is 14.4. The normalized spacial score (nSPS) is 17.7. The van der Waals surface area contributed by atoms with Gasteiger partial charge in [0.2, 0.25) is 5.91 Å². The molecule has 1 aromatic heterocycles. The van der Waals surface area contributed by atoms with Crippen LogP contribution in [0.3, 0.4) is 0 Å². The predicted molar refractivity (Wildman–Crippen MR) is 80.3 cm³/mol. The summed E-state index contributed by atoms with van der Waals surface area (Å²) < 4.78 is 1.73. The van der Waals surface area contributed by atoms with Crippen molar-refractivity contribution in [2.75, 3.05) is 18.8 Å². The lowest BCUT2D eigenvalue weighted by Crippen LogP contribution is -2.34. The number of hydrogen-bond donors (Lipinski definition) is 1. The molecule has 2 N–H and O–H groups in total. The van der Waals surface area contributed by atoms with Crippen LogP contribution < -0.4 is 5.73 Å². The number of nitrogens with zero attached hydrogens (tertiary/aromatic N) is 3. The Kier molecular flexibility index (Phi) is 4.06. The molecule has 1 fully saturated rings. The number of anilines is 1. The molecule has 2 rings (SSSR count). The first-order chi connectivity index (χ1) is 9.42. The first-order valence-corrected chi connectivity index (χ1v) is 7.49. The molecule has 2 heterocycles. The van der Waals surface area contributed by atoms with E-state index in [1.807, 2.05) is 18.7 Å². The standard InChI is InChI=1S/C15H26N4O/c1-5-15(6-2)7-8-18(10-15)13(20)9-19-12(4)14(16)11(3)17-19/h5-10,16H2,1-4H3. The number of amides is 1. The molecule has 5 heteroatoms. The summed E-state index contributed by atoms with van der Waals surface area (Å²) in [5, 5.41) is 4.34. The fourth-order valence-electron chi connectivity index (χ4n) is 3.07. The van der Waals surface area contributed by atoms with Gasteiger partial charge in [-0.3, -0.25) is 9.48 Å². The van der Waals surface area contributed by atoms with E-state index in [4.69, 9.17) is 5.73 Å². The van der Waals surface area contributed by atoms with Crippen LogP contribution in [0.2, 0.25) is 0 Å². The van der Waals surface area contributed by atoms with Crippen molar-refractivity contribution in [2.24, 2.45) is 5.41 Å². The molecule has 0 saturated carbocycles. The number of hydrogen-bond acceptors (Lipinski definition) is 3. The molecular formula is C15H26N4O. The number of aromatic nitrogens is 2. The molecule has 0 unspecified atom stereocenters. The van der Waals surface area contributed by atoms with Gasteiger partial charge >= 0.3 is 0 Å². The average Bonchev–Trinajstić information content (AvgIpc) is 2.98. The number of nitrogens with two attached hydrogens (primary N) is 1. The average molecular weight is 278 g/mol. The first kappa shape index (κ1) is 14.9. The fourth-order valence-corrected chi connectivity index (χ4v) is 3.07. The van der Waals surface area contributed by atoms with Crippen molar-refractivity contribution in [3.05, 3.63) is 11.4 Å². The molecule has 1 amide bonds. The molecule has 1 aliphatic rings. The molecule has 20 heavy (non-hydrogen) atoms. The van der Waals surface area contributed by atoms with E-state index in [2.05, 4.69) is 18.9 Å². The van der Waals surface area contributed by atoms with Crippen LogP contribution in [0.5, 0.6) is 0 Å². The Morgan fingerprint density at radius 2 is 2.00 bits per heavy atom. The Morgan fingerprint density at radius 1 is 1.35 bits per heavy atom. The second kappa shape index (κ2) is 5.46. The summed E-state index contributed by atoms with van der Waals surface area (Å²) in [6.45, 7) is 10.3. The Balaban J connectivity index is 2.05. The lowest BCUT2D eigenvalue weighted by Gasteiger charge is -2.26. The van der Waals surface area contributed by atoms with Crippen LogP contribution >= 0.6 is 0 Å². The Hall–Kier alpha value is -1.52. The van der Waals surface area contributed by atoms with E-state index in [0.29, 0.717) is 17.6 Å². The van der Waals surface area contributed by atoms with Gasteiger partial charge in [0.05, 0.1) is 17.1 Å². The quantitative estimate of drug-likeness (QED) is 0.917. The van der Waals surface area contributed by atoms with E-state index < -0.39 is 0 Å². The zero-order valence-electron chi connectivity index (χ0n) is 13.1. The minimum atomic E-state index is 0.152. The molecule has 0 radical (unpaired) electrons. The molecule has 1 saturated heterocycles. The maximum absolute atomic E-state index is 12.4. The summed E-state index contributed by atoms with van der Waals surface area (Å²) in [5.74, 6) is 0.152. The zero-order chi connectivity index (χ0) is 14.9. The summed E-state index contributed by atoms with van der Waals surface area (Å²) in [5.41, 5.74) is 8.60. The lowest BCUT2D eigenvalue weighted by atomic mass is 9.82. The van der Waals surface area contributed by atoms with Crippen molar-refractivity contribution in [1.29, 1.82) is 0 Å². The van der Waals surface area contributed by atoms with E-state index >= 15 is 0 Å². The largest absolute Gasteiger partial charge is 0.396 e. The molecule has 112 valence electrons.